The minimum absolute atomic E-state index is 0.0781. The van der Waals surface area contributed by atoms with Crippen molar-refractivity contribution in [1.82, 2.24) is 4.90 Å². The molecule has 0 N–H and O–H groups in total. The largest absolute Gasteiger partial charge is 0.338 e. The van der Waals surface area contributed by atoms with Gasteiger partial charge in [-0.3, -0.25) is 4.79 Å². The lowest BCUT2D eigenvalue weighted by Crippen LogP contribution is -2.49. The highest BCUT2D eigenvalue weighted by atomic mass is 79.9. The molecule has 2 rings (SSSR count). The predicted molar refractivity (Wildman–Crippen MR) is 65.0 cm³/mol. The van der Waals surface area contributed by atoms with E-state index in [4.69, 9.17) is 0 Å². The van der Waals surface area contributed by atoms with Crippen molar-refractivity contribution in [2.45, 2.75) is 50.4 Å². The summed E-state index contributed by atoms with van der Waals surface area (Å²) < 4.78 is 0. The van der Waals surface area contributed by atoms with Gasteiger partial charge in [0.2, 0.25) is 5.91 Å². The minimum Gasteiger partial charge on any atom is -0.338 e. The summed E-state index contributed by atoms with van der Waals surface area (Å²) >= 11 is 3.48. The molecular weight excluding hydrogens is 254 g/mol. The van der Waals surface area contributed by atoms with Gasteiger partial charge in [-0.2, -0.15) is 0 Å². The summed E-state index contributed by atoms with van der Waals surface area (Å²) in [7, 11) is 0. The highest BCUT2D eigenvalue weighted by Crippen LogP contribution is 2.36. The van der Waals surface area contributed by atoms with E-state index in [0.29, 0.717) is 17.9 Å². The fraction of sp³-hybridized carbons (Fsp3) is 0.917. The molecule has 86 valence electrons. The molecular formula is C12H20BrNO. The van der Waals surface area contributed by atoms with E-state index in [1.165, 1.54) is 12.8 Å². The molecule has 15 heavy (non-hydrogen) atoms. The van der Waals surface area contributed by atoms with E-state index in [1.54, 1.807) is 0 Å². The van der Waals surface area contributed by atoms with Crippen LogP contribution in [-0.2, 0) is 4.79 Å². The number of halogens is 1. The third kappa shape index (κ3) is 2.08. The zero-order valence-electron chi connectivity index (χ0n) is 9.58. The third-order valence-corrected chi connectivity index (χ3v) is 5.08. The van der Waals surface area contributed by atoms with Crippen molar-refractivity contribution in [3.63, 3.8) is 0 Å². The van der Waals surface area contributed by atoms with Crippen LogP contribution in [0.25, 0.3) is 0 Å². The van der Waals surface area contributed by atoms with Crippen molar-refractivity contribution in [3.8, 4) is 0 Å². The van der Waals surface area contributed by atoms with E-state index in [-0.39, 0.29) is 4.83 Å². The van der Waals surface area contributed by atoms with Gasteiger partial charge in [-0.15, -0.1) is 0 Å². The Morgan fingerprint density at radius 3 is 2.60 bits per heavy atom. The summed E-state index contributed by atoms with van der Waals surface area (Å²) in [4.78, 5) is 14.3. The van der Waals surface area contributed by atoms with Crippen LogP contribution in [0, 0.1) is 11.8 Å². The molecule has 1 amide bonds. The van der Waals surface area contributed by atoms with Crippen molar-refractivity contribution >= 4 is 21.8 Å². The molecule has 0 spiro atoms. The van der Waals surface area contributed by atoms with E-state index < -0.39 is 0 Å². The van der Waals surface area contributed by atoms with Gasteiger partial charge in [0.05, 0.1) is 4.83 Å². The number of piperidine rings is 1. The maximum atomic E-state index is 12.0. The second-order valence-electron chi connectivity index (χ2n) is 5.12. The fourth-order valence-electron chi connectivity index (χ4n) is 2.96. The molecule has 1 heterocycles. The van der Waals surface area contributed by atoms with Crippen LogP contribution >= 0.6 is 15.9 Å². The van der Waals surface area contributed by atoms with Crippen LogP contribution in [0.3, 0.4) is 0 Å². The number of alkyl halides is 1. The van der Waals surface area contributed by atoms with Gasteiger partial charge in [-0.1, -0.05) is 29.8 Å². The topological polar surface area (TPSA) is 20.3 Å². The molecule has 3 heteroatoms. The monoisotopic (exact) mass is 273 g/mol. The summed E-state index contributed by atoms with van der Waals surface area (Å²) in [6.45, 7) is 5.58. The Morgan fingerprint density at radius 2 is 2.00 bits per heavy atom. The number of carbonyl (C=O) groups excluding carboxylic acids is 1. The number of hydrogen-bond acceptors (Lipinski definition) is 1. The van der Waals surface area contributed by atoms with E-state index in [1.807, 2.05) is 0 Å². The van der Waals surface area contributed by atoms with Crippen LogP contribution in [-0.4, -0.2) is 28.2 Å². The Hall–Kier alpha value is -0.0500. The molecule has 4 atom stereocenters. The second-order valence-corrected chi connectivity index (χ2v) is 6.23. The van der Waals surface area contributed by atoms with Gasteiger partial charge < -0.3 is 4.90 Å². The average molecular weight is 274 g/mol. The summed E-state index contributed by atoms with van der Waals surface area (Å²) in [5.41, 5.74) is 0. The number of likely N-dealkylation sites (tertiary alicyclic amines) is 1. The van der Waals surface area contributed by atoms with E-state index in [2.05, 4.69) is 34.7 Å². The zero-order valence-corrected chi connectivity index (χ0v) is 11.2. The van der Waals surface area contributed by atoms with E-state index in [0.717, 1.165) is 25.3 Å². The zero-order chi connectivity index (χ0) is 11.0. The smallest absolute Gasteiger partial charge is 0.236 e. The Morgan fingerprint density at radius 1 is 1.27 bits per heavy atom. The standard InChI is InChI=1S/C12H20BrNO/c1-8-5-6-11(9(8)2)14-7-3-4-10(13)12(14)15/h8-11H,3-7H2,1-2H3. The first-order chi connectivity index (χ1) is 7.11. The first-order valence-corrected chi connectivity index (χ1v) is 6.97. The number of hydrogen-bond donors (Lipinski definition) is 0. The first kappa shape index (κ1) is 11.4. The van der Waals surface area contributed by atoms with Crippen molar-refractivity contribution in [1.29, 1.82) is 0 Å². The molecule has 1 saturated heterocycles. The molecule has 1 aliphatic heterocycles. The van der Waals surface area contributed by atoms with Gasteiger partial charge in [0.15, 0.2) is 0 Å². The van der Waals surface area contributed by atoms with Gasteiger partial charge in [0, 0.05) is 12.6 Å². The van der Waals surface area contributed by atoms with Crippen LogP contribution < -0.4 is 0 Å². The minimum atomic E-state index is 0.0781. The maximum absolute atomic E-state index is 12.0. The number of rotatable bonds is 1. The van der Waals surface area contributed by atoms with Gasteiger partial charge >= 0.3 is 0 Å². The lowest BCUT2D eigenvalue weighted by molar-refractivity contribution is -0.135. The highest BCUT2D eigenvalue weighted by Gasteiger charge is 2.39. The van der Waals surface area contributed by atoms with Crippen molar-refractivity contribution in [3.05, 3.63) is 0 Å². The van der Waals surface area contributed by atoms with Crippen LogP contribution in [0.15, 0.2) is 0 Å². The molecule has 2 nitrogen and oxygen atoms in total. The van der Waals surface area contributed by atoms with Crippen molar-refractivity contribution < 1.29 is 4.79 Å². The summed E-state index contributed by atoms with van der Waals surface area (Å²) in [5.74, 6) is 1.78. The molecule has 0 aromatic carbocycles. The molecule has 1 saturated carbocycles. The number of amides is 1. The Bertz CT molecular complexity index is 256. The lowest BCUT2D eigenvalue weighted by Gasteiger charge is -2.37. The molecule has 0 aromatic heterocycles. The average Bonchev–Trinajstić information content (AvgIpc) is 2.53. The molecule has 2 aliphatic rings. The maximum Gasteiger partial charge on any atom is 0.236 e. The normalized spacial score (nSPS) is 42.3. The molecule has 2 fully saturated rings. The molecule has 1 aliphatic carbocycles. The summed E-state index contributed by atoms with van der Waals surface area (Å²) in [6.07, 6.45) is 4.64. The van der Waals surface area contributed by atoms with Crippen LogP contribution in [0.1, 0.15) is 39.5 Å². The number of carbonyl (C=O) groups is 1. The van der Waals surface area contributed by atoms with Crippen LogP contribution in [0.4, 0.5) is 0 Å². The summed E-state index contributed by atoms with van der Waals surface area (Å²) in [5, 5.41) is 0. The van der Waals surface area contributed by atoms with Gasteiger partial charge in [-0.05, 0) is 37.5 Å². The van der Waals surface area contributed by atoms with E-state index >= 15 is 0 Å². The SMILES string of the molecule is CC1CCC(N2CCCC(Br)C2=O)C1C. The van der Waals surface area contributed by atoms with Gasteiger partial charge in [0.25, 0.3) is 0 Å². The van der Waals surface area contributed by atoms with Gasteiger partial charge in [0.1, 0.15) is 0 Å². The highest BCUT2D eigenvalue weighted by molar-refractivity contribution is 9.10. The fourth-order valence-corrected chi connectivity index (χ4v) is 3.55. The van der Waals surface area contributed by atoms with Crippen LogP contribution in [0.2, 0.25) is 0 Å². The van der Waals surface area contributed by atoms with E-state index in [9.17, 15) is 4.79 Å². The van der Waals surface area contributed by atoms with Crippen molar-refractivity contribution in [2.75, 3.05) is 6.54 Å². The Balaban J connectivity index is 2.06. The van der Waals surface area contributed by atoms with Crippen molar-refractivity contribution in [2.24, 2.45) is 11.8 Å². The number of nitrogens with zero attached hydrogens (tertiary/aromatic N) is 1. The second kappa shape index (κ2) is 4.44. The van der Waals surface area contributed by atoms with Crippen LogP contribution in [0.5, 0.6) is 0 Å². The van der Waals surface area contributed by atoms with Gasteiger partial charge in [-0.25, -0.2) is 0 Å². The third-order valence-electron chi connectivity index (χ3n) is 4.23. The first-order valence-electron chi connectivity index (χ1n) is 6.06. The quantitative estimate of drug-likeness (QED) is 0.673. The summed E-state index contributed by atoms with van der Waals surface area (Å²) in [6, 6.07) is 0.507. The molecule has 0 bridgehead atoms. The Labute approximate surface area is 101 Å². The molecule has 0 aromatic rings. The lowest BCUT2D eigenvalue weighted by atomic mass is 9.95. The Kier molecular flexibility index (Phi) is 3.39. The molecule has 4 unspecified atom stereocenters. The molecule has 0 radical (unpaired) electrons. The predicted octanol–water partition coefficient (Wildman–Crippen LogP) is 2.81.